The molecule has 0 spiro atoms. The molecule has 5 nitrogen and oxygen atoms in total. The van der Waals surface area contributed by atoms with Crippen LogP contribution in [-0.2, 0) is 4.79 Å². The number of nitro benzene ring substituents is 1. The Hall–Kier alpha value is -1.91. The highest BCUT2D eigenvalue weighted by molar-refractivity contribution is 5.78. The maximum absolute atomic E-state index is 11.3. The van der Waals surface area contributed by atoms with Gasteiger partial charge in [-0.25, -0.2) is 0 Å². The van der Waals surface area contributed by atoms with Gasteiger partial charge in [0.1, 0.15) is 0 Å². The first-order chi connectivity index (χ1) is 8.34. The molecular formula is C13H17NO4. The van der Waals surface area contributed by atoms with E-state index in [1.807, 2.05) is 13.8 Å². The van der Waals surface area contributed by atoms with Crippen molar-refractivity contribution in [1.29, 1.82) is 0 Å². The first kappa shape index (κ1) is 14.2. The van der Waals surface area contributed by atoms with Gasteiger partial charge in [-0.15, -0.1) is 0 Å². The molecule has 0 bridgehead atoms. The Labute approximate surface area is 106 Å². The lowest BCUT2D eigenvalue weighted by molar-refractivity contribution is -0.385. The molecule has 0 saturated carbocycles. The molecule has 18 heavy (non-hydrogen) atoms. The molecule has 1 unspecified atom stereocenters. The largest absolute Gasteiger partial charge is 0.481 e. The Morgan fingerprint density at radius 1 is 1.44 bits per heavy atom. The highest BCUT2D eigenvalue weighted by Crippen LogP contribution is 2.33. The second kappa shape index (κ2) is 5.62. The zero-order valence-electron chi connectivity index (χ0n) is 10.7. The lowest BCUT2D eigenvalue weighted by atomic mass is 9.87. The quantitative estimate of drug-likeness (QED) is 0.644. The Morgan fingerprint density at radius 2 is 2.06 bits per heavy atom. The summed E-state index contributed by atoms with van der Waals surface area (Å²) in [5.41, 5.74) is 0.865. The lowest BCUT2D eigenvalue weighted by Crippen LogP contribution is -2.16. The van der Waals surface area contributed by atoms with Crippen LogP contribution in [-0.4, -0.2) is 16.0 Å². The minimum absolute atomic E-state index is 0.108. The van der Waals surface area contributed by atoms with Gasteiger partial charge in [-0.05, 0) is 24.8 Å². The van der Waals surface area contributed by atoms with Crippen LogP contribution in [0.2, 0.25) is 0 Å². The topological polar surface area (TPSA) is 80.4 Å². The molecule has 0 aliphatic heterocycles. The number of hydrogen-bond acceptors (Lipinski definition) is 3. The van der Waals surface area contributed by atoms with Gasteiger partial charge >= 0.3 is 5.97 Å². The Kier molecular flexibility index (Phi) is 4.42. The van der Waals surface area contributed by atoms with Crippen LogP contribution < -0.4 is 0 Å². The van der Waals surface area contributed by atoms with Crippen LogP contribution in [0.5, 0.6) is 0 Å². The average Bonchev–Trinajstić information content (AvgIpc) is 2.25. The van der Waals surface area contributed by atoms with Gasteiger partial charge in [-0.2, -0.15) is 0 Å². The Morgan fingerprint density at radius 3 is 2.50 bits per heavy atom. The van der Waals surface area contributed by atoms with Gasteiger partial charge in [0.2, 0.25) is 0 Å². The molecule has 1 rings (SSSR count). The van der Waals surface area contributed by atoms with Gasteiger partial charge in [0.25, 0.3) is 5.69 Å². The summed E-state index contributed by atoms with van der Waals surface area (Å²) >= 11 is 0. The second-order valence-electron chi connectivity index (χ2n) is 4.79. The third-order valence-electron chi connectivity index (χ3n) is 2.85. The smallest absolute Gasteiger partial charge is 0.311 e. The third-order valence-corrected chi connectivity index (χ3v) is 2.85. The first-order valence-electron chi connectivity index (χ1n) is 5.81. The SMILES string of the molecule is Cc1cccc([N+](=O)[O-])c1C(CC(C)C)C(=O)O. The van der Waals surface area contributed by atoms with Crippen LogP contribution in [0.3, 0.4) is 0 Å². The van der Waals surface area contributed by atoms with Crippen molar-refractivity contribution in [2.24, 2.45) is 5.92 Å². The fourth-order valence-electron chi connectivity index (χ4n) is 2.09. The number of benzene rings is 1. The molecule has 98 valence electrons. The number of rotatable bonds is 5. The predicted octanol–water partition coefficient (Wildman–Crippen LogP) is 3.12. The summed E-state index contributed by atoms with van der Waals surface area (Å²) in [4.78, 5) is 21.8. The highest BCUT2D eigenvalue weighted by Gasteiger charge is 2.29. The number of carbonyl (C=O) groups is 1. The van der Waals surface area contributed by atoms with E-state index in [-0.39, 0.29) is 11.6 Å². The van der Waals surface area contributed by atoms with Crippen LogP contribution in [0, 0.1) is 23.0 Å². The maximum atomic E-state index is 11.3. The minimum atomic E-state index is -1.01. The predicted molar refractivity (Wildman–Crippen MR) is 67.7 cm³/mol. The molecule has 1 atom stereocenters. The number of aryl methyl sites for hydroxylation is 1. The standard InChI is InChI=1S/C13H17NO4/c1-8(2)7-10(13(15)16)12-9(3)5-4-6-11(12)14(17)18/h4-6,8,10H,7H2,1-3H3,(H,15,16). The summed E-state index contributed by atoms with van der Waals surface area (Å²) in [6.07, 6.45) is 0.390. The fourth-order valence-corrected chi connectivity index (χ4v) is 2.09. The van der Waals surface area contributed by atoms with E-state index in [0.717, 1.165) is 0 Å². The summed E-state index contributed by atoms with van der Waals surface area (Å²) in [5.74, 6) is -1.68. The van der Waals surface area contributed by atoms with Crippen LogP contribution in [0.4, 0.5) is 5.69 Å². The molecule has 0 radical (unpaired) electrons. The van der Waals surface area contributed by atoms with Crippen molar-refractivity contribution in [2.75, 3.05) is 0 Å². The summed E-state index contributed by atoms with van der Waals surface area (Å²) in [6, 6.07) is 4.64. The average molecular weight is 251 g/mol. The lowest BCUT2D eigenvalue weighted by Gasteiger charge is -2.17. The number of aliphatic carboxylic acids is 1. The van der Waals surface area contributed by atoms with Gasteiger partial charge in [0.15, 0.2) is 0 Å². The molecule has 5 heteroatoms. The third kappa shape index (κ3) is 3.06. The van der Waals surface area contributed by atoms with E-state index in [1.165, 1.54) is 6.07 Å². The van der Waals surface area contributed by atoms with Gasteiger partial charge < -0.3 is 5.11 Å². The second-order valence-corrected chi connectivity index (χ2v) is 4.79. The molecular weight excluding hydrogens is 234 g/mol. The number of nitrogens with zero attached hydrogens (tertiary/aromatic N) is 1. The van der Waals surface area contributed by atoms with Crippen molar-refractivity contribution in [3.8, 4) is 0 Å². The van der Waals surface area contributed by atoms with Crippen LogP contribution in [0.25, 0.3) is 0 Å². The zero-order chi connectivity index (χ0) is 13.9. The van der Waals surface area contributed by atoms with Crippen molar-refractivity contribution in [2.45, 2.75) is 33.1 Å². The van der Waals surface area contributed by atoms with Crippen molar-refractivity contribution in [3.05, 3.63) is 39.4 Å². The molecule has 0 saturated heterocycles. The molecule has 0 amide bonds. The monoisotopic (exact) mass is 251 g/mol. The maximum Gasteiger partial charge on any atom is 0.311 e. The van der Waals surface area contributed by atoms with E-state index in [1.54, 1.807) is 19.1 Å². The van der Waals surface area contributed by atoms with Crippen LogP contribution in [0.1, 0.15) is 37.3 Å². The van der Waals surface area contributed by atoms with Gasteiger partial charge in [-0.1, -0.05) is 26.0 Å². The van der Waals surface area contributed by atoms with E-state index in [2.05, 4.69) is 0 Å². The van der Waals surface area contributed by atoms with E-state index < -0.39 is 16.8 Å². The van der Waals surface area contributed by atoms with Crippen molar-refractivity contribution < 1.29 is 14.8 Å². The summed E-state index contributed by atoms with van der Waals surface area (Å²) in [6.45, 7) is 5.51. The highest BCUT2D eigenvalue weighted by atomic mass is 16.6. The Balaban J connectivity index is 3.34. The molecule has 1 aromatic rings. The minimum Gasteiger partial charge on any atom is -0.481 e. The molecule has 1 N–H and O–H groups in total. The summed E-state index contributed by atoms with van der Waals surface area (Å²) < 4.78 is 0. The van der Waals surface area contributed by atoms with E-state index in [4.69, 9.17) is 0 Å². The number of nitro groups is 1. The van der Waals surface area contributed by atoms with Gasteiger partial charge in [-0.3, -0.25) is 14.9 Å². The fraction of sp³-hybridized carbons (Fsp3) is 0.462. The number of hydrogen-bond donors (Lipinski definition) is 1. The van der Waals surface area contributed by atoms with Crippen molar-refractivity contribution in [3.63, 3.8) is 0 Å². The van der Waals surface area contributed by atoms with E-state index in [0.29, 0.717) is 17.5 Å². The molecule has 0 aromatic heterocycles. The Bertz CT molecular complexity index is 468. The van der Waals surface area contributed by atoms with Crippen LogP contribution >= 0.6 is 0 Å². The van der Waals surface area contributed by atoms with Crippen molar-refractivity contribution in [1.82, 2.24) is 0 Å². The molecule has 0 aliphatic rings. The van der Waals surface area contributed by atoms with Crippen molar-refractivity contribution >= 4 is 11.7 Å². The summed E-state index contributed by atoms with van der Waals surface area (Å²) in [5, 5.41) is 20.3. The first-order valence-corrected chi connectivity index (χ1v) is 5.81. The normalized spacial score (nSPS) is 12.4. The van der Waals surface area contributed by atoms with Gasteiger partial charge in [0, 0.05) is 11.6 Å². The van der Waals surface area contributed by atoms with Gasteiger partial charge in [0.05, 0.1) is 10.8 Å². The molecule has 0 fully saturated rings. The number of carboxylic acids is 1. The summed E-state index contributed by atoms with van der Waals surface area (Å²) in [7, 11) is 0. The molecule has 0 heterocycles. The zero-order valence-corrected chi connectivity index (χ0v) is 10.7. The number of carboxylic acid groups (broad SMARTS) is 1. The van der Waals surface area contributed by atoms with Crippen LogP contribution in [0.15, 0.2) is 18.2 Å². The molecule has 1 aromatic carbocycles. The molecule has 0 aliphatic carbocycles. The van der Waals surface area contributed by atoms with E-state index >= 15 is 0 Å². The van der Waals surface area contributed by atoms with E-state index in [9.17, 15) is 20.0 Å².